The molecule has 0 aliphatic heterocycles. The van der Waals surface area contributed by atoms with Crippen LogP contribution < -0.4 is 5.43 Å². The highest BCUT2D eigenvalue weighted by atomic mass is 35.5. The first-order valence-electron chi connectivity index (χ1n) is 4.67. The molecule has 0 saturated carbocycles. The van der Waals surface area contributed by atoms with Gasteiger partial charge < -0.3 is 0 Å². The van der Waals surface area contributed by atoms with Crippen LogP contribution in [0.25, 0.3) is 10.9 Å². The molecule has 90 valence electrons. The third-order valence-corrected chi connectivity index (χ3v) is 3.54. The zero-order chi connectivity index (χ0) is 12.8. The fourth-order valence-electron chi connectivity index (χ4n) is 1.56. The summed E-state index contributed by atoms with van der Waals surface area (Å²) in [6.07, 6.45) is 0.957. The Morgan fingerprint density at radius 2 is 2.00 bits per heavy atom. The Morgan fingerprint density at radius 3 is 2.59 bits per heavy atom. The Labute approximate surface area is 103 Å². The first kappa shape index (κ1) is 12.1. The van der Waals surface area contributed by atoms with Crippen LogP contribution in [0.1, 0.15) is 0 Å². The van der Waals surface area contributed by atoms with Crippen molar-refractivity contribution in [1.82, 2.24) is 9.78 Å². The maximum absolute atomic E-state index is 11.9. The number of hydrogen-bond acceptors (Lipinski definition) is 4. The zero-order valence-corrected chi connectivity index (χ0v) is 10.7. The molecule has 0 unspecified atom stereocenters. The molecule has 2 rings (SSSR count). The van der Waals surface area contributed by atoms with E-state index >= 15 is 0 Å². The third-order valence-electron chi connectivity index (χ3n) is 2.34. The summed E-state index contributed by atoms with van der Waals surface area (Å²) >= 11 is 5.81. The van der Waals surface area contributed by atoms with Crippen molar-refractivity contribution in [2.24, 2.45) is 7.05 Å². The number of hydrogen-bond donors (Lipinski definition) is 0. The maximum atomic E-state index is 11.9. The van der Waals surface area contributed by atoms with Crippen LogP contribution in [-0.4, -0.2) is 24.5 Å². The second-order valence-corrected chi connectivity index (χ2v) is 6.06. The van der Waals surface area contributed by atoms with E-state index in [1.807, 2.05) is 0 Å². The quantitative estimate of drug-likeness (QED) is 0.776. The summed E-state index contributed by atoms with van der Waals surface area (Å²) in [5.74, 6) is 0. The van der Waals surface area contributed by atoms with E-state index in [1.54, 1.807) is 13.1 Å². The molecule has 2 aromatic rings. The van der Waals surface area contributed by atoms with Crippen molar-refractivity contribution in [1.29, 1.82) is 0 Å². The smallest absolute Gasteiger partial charge is 0.227 e. The molecule has 1 heterocycles. The van der Waals surface area contributed by atoms with Gasteiger partial charge in [-0.3, -0.25) is 9.48 Å². The number of nitrogens with zero attached hydrogens (tertiary/aromatic N) is 2. The van der Waals surface area contributed by atoms with Crippen LogP contribution in [0, 0.1) is 0 Å². The van der Waals surface area contributed by atoms with Crippen LogP contribution in [0.5, 0.6) is 0 Å². The second-order valence-electron chi connectivity index (χ2n) is 3.69. The Morgan fingerprint density at radius 1 is 1.35 bits per heavy atom. The average Bonchev–Trinajstić information content (AvgIpc) is 2.21. The number of rotatable bonds is 1. The van der Waals surface area contributed by atoms with Crippen LogP contribution in [0.4, 0.5) is 0 Å². The maximum Gasteiger partial charge on any atom is 0.227 e. The van der Waals surface area contributed by atoms with Crippen molar-refractivity contribution in [3.63, 3.8) is 0 Å². The molecule has 1 aromatic carbocycles. The Hall–Kier alpha value is -1.40. The van der Waals surface area contributed by atoms with Crippen molar-refractivity contribution in [2.75, 3.05) is 6.26 Å². The summed E-state index contributed by atoms with van der Waals surface area (Å²) in [5.41, 5.74) is -0.104. The van der Waals surface area contributed by atoms with E-state index < -0.39 is 20.3 Å². The van der Waals surface area contributed by atoms with Gasteiger partial charge in [0.15, 0.2) is 9.84 Å². The molecule has 0 aliphatic rings. The molecule has 1 aromatic heterocycles. The molecule has 0 atom stereocenters. The van der Waals surface area contributed by atoms with Crippen LogP contribution in [0.2, 0.25) is 5.02 Å². The van der Waals surface area contributed by atoms with Crippen LogP contribution in [-0.2, 0) is 16.9 Å². The van der Waals surface area contributed by atoms with Gasteiger partial charge in [0.2, 0.25) is 10.5 Å². The van der Waals surface area contributed by atoms with Gasteiger partial charge in [-0.1, -0.05) is 11.6 Å². The average molecular weight is 273 g/mol. The monoisotopic (exact) mass is 272 g/mol. The van der Waals surface area contributed by atoms with E-state index in [1.165, 1.54) is 16.8 Å². The van der Waals surface area contributed by atoms with Crippen molar-refractivity contribution < 1.29 is 8.42 Å². The number of aromatic nitrogens is 2. The third kappa shape index (κ3) is 2.05. The fourth-order valence-corrected chi connectivity index (χ4v) is 2.44. The molecule has 0 spiro atoms. The largest absolute Gasteiger partial charge is 0.286 e. The van der Waals surface area contributed by atoms with Gasteiger partial charge in [0, 0.05) is 18.3 Å². The standard InChI is InChI=1S/C10H9ClN2O3S/c1-13-8-5-6(11)3-4-7(8)9(14)10(12-13)17(2,15)16/h3-5H,1-2H3. The van der Waals surface area contributed by atoms with E-state index in [4.69, 9.17) is 11.6 Å². The van der Waals surface area contributed by atoms with Gasteiger partial charge in [0.1, 0.15) is 0 Å². The second kappa shape index (κ2) is 3.82. The lowest BCUT2D eigenvalue weighted by Gasteiger charge is -2.06. The normalized spacial score (nSPS) is 11.9. The Balaban J connectivity index is 3.02. The molecule has 17 heavy (non-hydrogen) atoms. The highest BCUT2D eigenvalue weighted by Gasteiger charge is 2.18. The zero-order valence-electron chi connectivity index (χ0n) is 9.14. The Bertz CT molecular complexity index is 765. The minimum atomic E-state index is -3.64. The van der Waals surface area contributed by atoms with Gasteiger partial charge in [0.25, 0.3) is 0 Å². The van der Waals surface area contributed by atoms with Crippen LogP contribution in [0.3, 0.4) is 0 Å². The first-order valence-corrected chi connectivity index (χ1v) is 6.94. The molecular weight excluding hydrogens is 264 g/mol. The summed E-state index contributed by atoms with van der Waals surface area (Å²) in [7, 11) is -2.07. The van der Waals surface area contributed by atoms with Gasteiger partial charge in [-0.25, -0.2) is 8.42 Å². The molecule has 0 saturated heterocycles. The molecule has 0 aliphatic carbocycles. The predicted octanol–water partition coefficient (Wildman–Crippen LogP) is 0.990. The lowest BCUT2D eigenvalue weighted by molar-refractivity contribution is 0.589. The van der Waals surface area contributed by atoms with Gasteiger partial charge in [-0.05, 0) is 18.2 Å². The summed E-state index contributed by atoms with van der Waals surface area (Å²) in [5, 5.41) is 4.07. The topological polar surface area (TPSA) is 69.0 Å². The predicted molar refractivity (Wildman–Crippen MR) is 65.1 cm³/mol. The molecule has 0 N–H and O–H groups in total. The van der Waals surface area contributed by atoms with Crippen LogP contribution in [0.15, 0.2) is 28.0 Å². The van der Waals surface area contributed by atoms with Gasteiger partial charge in [0.05, 0.1) is 10.9 Å². The number of benzene rings is 1. The Kier molecular flexibility index (Phi) is 2.71. The fraction of sp³-hybridized carbons (Fsp3) is 0.200. The number of sulfone groups is 1. The molecule has 0 amide bonds. The number of aryl methyl sites for hydroxylation is 1. The molecule has 0 bridgehead atoms. The van der Waals surface area contributed by atoms with E-state index in [2.05, 4.69) is 5.10 Å². The molecule has 5 nitrogen and oxygen atoms in total. The summed E-state index contributed by atoms with van der Waals surface area (Å²) in [4.78, 5) is 11.9. The SMILES string of the molecule is Cn1nc(S(C)(=O)=O)c(=O)c2ccc(Cl)cc21. The first-order chi connectivity index (χ1) is 7.80. The molecular formula is C10H9ClN2O3S. The van der Waals surface area contributed by atoms with Crippen molar-refractivity contribution in [3.05, 3.63) is 33.4 Å². The minimum absolute atomic E-state index is 0.285. The molecule has 7 heteroatoms. The van der Waals surface area contributed by atoms with Gasteiger partial charge >= 0.3 is 0 Å². The summed E-state index contributed by atoms with van der Waals surface area (Å²) in [6, 6.07) is 4.60. The lowest BCUT2D eigenvalue weighted by atomic mass is 10.2. The molecule has 0 radical (unpaired) electrons. The van der Waals surface area contributed by atoms with Gasteiger partial charge in [-0.2, -0.15) is 5.10 Å². The number of fused-ring (bicyclic) bond motifs is 1. The van der Waals surface area contributed by atoms with Gasteiger partial charge in [-0.15, -0.1) is 0 Å². The highest BCUT2D eigenvalue weighted by molar-refractivity contribution is 7.90. The highest BCUT2D eigenvalue weighted by Crippen LogP contribution is 2.16. The van der Waals surface area contributed by atoms with Crippen molar-refractivity contribution in [2.45, 2.75) is 5.03 Å². The van der Waals surface area contributed by atoms with E-state index in [-0.39, 0.29) is 5.39 Å². The van der Waals surface area contributed by atoms with Crippen LogP contribution >= 0.6 is 11.6 Å². The van der Waals surface area contributed by atoms with Crippen molar-refractivity contribution >= 4 is 32.3 Å². The minimum Gasteiger partial charge on any atom is -0.286 e. The summed E-state index contributed by atoms with van der Waals surface area (Å²) in [6.45, 7) is 0. The van der Waals surface area contributed by atoms with E-state index in [0.29, 0.717) is 10.5 Å². The van der Waals surface area contributed by atoms with Crippen molar-refractivity contribution in [3.8, 4) is 0 Å². The van der Waals surface area contributed by atoms with E-state index in [0.717, 1.165) is 6.26 Å². The molecule has 0 fully saturated rings. The number of halogens is 1. The summed E-state index contributed by atoms with van der Waals surface area (Å²) < 4.78 is 24.2. The lowest BCUT2D eigenvalue weighted by Crippen LogP contribution is -2.20. The van der Waals surface area contributed by atoms with E-state index in [9.17, 15) is 13.2 Å².